The molecule has 0 amide bonds. The zero-order valence-corrected chi connectivity index (χ0v) is 12.4. The van der Waals surface area contributed by atoms with Crippen molar-refractivity contribution in [3.8, 4) is 0 Å². The van der Waals surface area contributed by atoms with E-state index in [0.29, 0.717) is 12.8 Å². The van der Waals surface area contributed by atoms with Gasteiger partial charge in [-0.05, 0) is 23.7 Å². The van der Waals surface area contributed by atoms with Crippen molar-refractivity contribution in [2.75, 3.05) is 6.61 Å². The maximum Gasteiger partial charge on any atom is 0.423 e. The van der Waals surface area contributed by atoms with Crippen LogP contribution in [0.15, 0.2) is 0 Å². The lowest BCUT2D eigenvalue weighted by Gasteiger charge is -2.36. The SMILES string of the molecule is CCC(C)(COC(C(F)(F)F)C(F)(F)F)CC(C)(C)C. The lowest BCUT2D eigenvalue weighted by Crippen LogP contribution is -2.46. The van der Waals surface area contributed by atoms with Gasteiger partial charge in [0.25, 0.3) is 0 Å². The molecule has 0 aliphatic heterocycles. The molecule has 0 aromatic rings. The number of alkyl halides is 6. The van der Waals surface area contributed by atoms with E-state index in [1.165, 1.54) is 0 Å². The van der Waals surface area contributed by atoms with Gasteiger partial charge in [-0.1, -0.05) is 34.6 Å². The van der Waals surface area contributed by atoms with Crippen molar-refractivity contribution in [1.29, 1.82) is 0 Å². The van der Waals surface area contributed by atoms with Gasteiger partial charge >= 0.3 is 12.4 Å². The highest BCUT2D eigenvalue weighted by Gasteiger charge is 2.58. The molecule has 1 atom stereocenters. The summed E-state index contributed by atoms with van der Waals surface area (Å²) in [6.45, 7) is 8.43. The maximum absolute atomic E-state index is 12.4. The van der Waals surface area contributed by atoms with E-state index in [1.807, 2.05) is 20.8 Å². The minimum absolute atomic E-state index is 0.208. The Balaban J connectivity index is 4.92. The van der Waals surface area contributed by atoms with E-state index in [4.69, 9.17) is 0 Å². The molecule has 0 rings (SSSR count). The van der Waals surface area contributed by atoms with E-state index in [1.54, 1.807) is 13.8 Å². The maximum atomic E-state index is 12.4. The fraction of sp³-hybridized carbons (Fsp3) is 1.00. The third-order valence-corrected chi connectivity index (χ3v) is 3.00. The van der Waals surface area contributed by atoms with Crippen molar-refractivity contribution >= 4 is 0 Å². The molecule has 0 aromatic carbocycles. The second-order valence-electron chi connectivity index (χ2n) is 6.68. The average molecular weight is 308 g/mol. The van der Waals surface area contributed by atoms with E-state index < -0.39 is 30.5 Å². The van der Waals surface area contributed by atoms with E-state index in [2.05, 4.69) is 4.74 Å². The topological polar surface area (TPSA) is 9.23 Å². The monoisotopic (exact) mass is 308 g/mol. The van der Waals surface area contributed by atoms with E-state index in [9.17, 15) is 26.3 Å². The first-order valence-electron chi connectivity index (χ1n) is 6.36. The lowest BCUT2D eigenvalue weighted by molar-refractivity contribution is -0.326. The Kier molecular flexibility index (Phi) is 5.97. The molecule has 0 fully saturated rings. The average Bonchev–Trinajstić information content (AvgIpc) is 2.10. The van der Waals surface area contributed by atoms with Crippen molar-refractivity contribution in [3.05, 3.63) is 0 Å². The van der Waals surface area contributed by atoms with Gasteiger partial charge in [-0.25, -0.2) is 0 Å². The van der Waals surface area contributed by atoms with Crippen LogP contribution in [0.5, 0.6) is 0 Å². The quantitative estimate of drug-likeness (QED) is 0.622. The molecule has 0 aromatic heterocycles. The normalized spacial score (nSPS) is 17.4. The highest BCUT2D eigenvalue weighted by molar-refractivity contribution is 4.82. The Morgan fingerprint density at radius 3 is 1.50 bits per heavy atom. The molecule has 0 radical (unpaired) electrons. The number of hydrogen-bond acceptors (Lipinski definition) is 1. The predicted molar refractivity (Wildman–Crippen MR) is 64.3 cm³/mol. The van der Waals surface area contributed by atoms with Crippen LogP contribution in [0.1, 0.15) is 47.5 Å². The largest absolute Gasteiger partial charge is 0.423 e. The minimum atomic E-state index is -5.45. The number of ether oxygens (including phenoxy) is 1. The van der Waals surface area contributed by atoms with Crippen LogP contribution in [0.25, 0.3) is 0 Å². The number of rotatable bonds is 5. The molecule has 0 heterocycles. The molecule has 0 aliphatic carbocycles. The van der Waals surface area contributed by atoms with Gasteiger partial charge in [0.15, 0.2) is 0 Å². The van der Waals surface area contributed by atoms with Crippen LogP contribution in [0.4, 0.5) is 26.3 Å². The lowest BCUT2D eigenvalue weighted by atomic mass is 9.74. The molecule has 0 saturated heterocycles. The third kappa shape index (κ3) is 6.81. The highest BCUT2D eigenvalue weighted by Crippen LogP contribution is 2.40. The van der Waals surface area contributed by atoms with Gasteiger partial charge in [0.1, 0.15) is 0 Å². The summed E-state index contributed by atoms with van der Waals surface area (Å²) in [5.74, 6) is 0. The predicted octanol–water partition coefficient (Wildman–Crippen LogP) is 5.35. The molecule has 0 spiro atoms. The highest BCUT2D eigenvalue weighted by atomic mass is 19.4. The molecular weight excluding hydrogens is 286 g/mol. The van der Waals surface area contributed by atoms with Gasteiger partial charge in [-0.15, -0.1) is 0 Å². The molecule has 0 N–H and O–H groups in total. The summed E-state index contributed by atoms with van der Waals surface area (Å²) in [5.41, 5.74) is -0.937. The Morgan fingerprint density at radius 1 is 0.850 bits per heavy atom. The van der Waals surface area contributed by atoms with E-state index in [-0.39, 0.29) is 5.41 Å². The summed E-state index contributed by atoms with van der Waals surface area (Å²) in [7, 11) is 0. The van der Waals surface area contributed by atoms with Crippen molar-refractivity contribution < 1.29 is 31.1 Å². The van der Waals surface area contributed by atoms with Crippen LogP contribution in [0, 0.1) is 10.8 Å². The van der Waals surface area contributed by atoms with Crippen molar-refractivity contribution in [1.82, 2.24) is 0 Å². The molecule has 0 aliphatic rings. The Hall–Kier alpha value is -0.460. The molecule has 20 heavy (non-hydrogen) atoms. The summed E-state index contributed by atoms with van der Waals surface area (Å²) in [6.07, 6.45) is -13.7. The molecule has 0 bridgehead atoms. The first kappa shape index (κ1) is 19.5. The minimum Gasteiger partial charge on any atom is -0.360 e. The molecule has 7 heteroatoms. The summed E-state index contributed by atoms with van der Waals surface area (Å²) in [4.78, 5) is 0. The van der Waals surface area contributed by atoms with Gasteiger partial charge in [-0.2, -0.15) is 26.3 Å². The van der Waals surface area contributed by atoms with Crippen LogP contribution in [-0.4, -0.2) is 25.1 Å². The second kappa shape index (κ2) is 6.12. The van der Waals surface area contributed by atoms with Gasteiger partial charge in [0, 0.05) is 0 Å². The molecular formula is C13H22F6O. The van der Waals surface area contributed by atoms with Crippen LogP contribution in [-0.2, 0) is 4.74 Å². The fourth-order valence-corrected chi connectivity index (χ4v) is 2.22. The van der Waals surface area contributed by atoms with Crippen molar-refractivity contribution in [3.63, 3.8) is 0 Å². The zero-order valence-electron chi connectivity index (χ0n) is 12.4. The molecule has 1 unspecified atom stereocenters. The van der Waals surface area contributed by atoms with Gasteiger partial charge in [0.05, 0.1) is 6.61 Å². The van der Waals surface area contributed by atoms with Crippen LogP contribution in [0.3, 0.4) is 0 Å². The summed E-state index contributed by atoms with van der Waals surface area (Å²) in [6, 6.07) is 0. The Labute approximate surface area is 115 Å². The molecule has 122 valence electrons. The Morgan fingerprint density at radius 2 is 1.25 bits per heavy atom. The Bertz CT molecular complexity index is 287. The van der Waals surface area contributed by atoms with E-state index >= 15 is 0 Å². The molecule has 0 saturated carbocycles. The van der Waals surface area contributed by atoms with Crippen LogP contribution < -0.4 is 0 Å². The first-order valence-corrected chi connectivity index (χ1v) is 6.36. The first-order chi connectivity index (χ1) is 8.61. The zero-order chi connectivity index (χ0) is 16.4. The summed E-state index contributed by atoms with van der Waals surface area (Å²) >= 11 is 0. The van der Waals surface area contributed by atoms with E-state index in [0.717, 1.165) is 0 Å². The fourth-order valence-electron chi connectivity index (χ4n) is 2.22. The second-order valence-corrected chi connectivity index (χ2v) is 6.68. The van der Waals surface area contributed by atoms with Crippen molar-refractivity contribution in [2.45, 2.75) is 65.9 Å². The molecule has 1 nitrogen and oxygen atoms in total. The summed E-state index contributed by atoms with van der Waals surface area (Å²) in [5, 5.41) is 0. The third-order valence-electron chi connectivity index (χ3n) is 3.00. The summed E-state index contributed by atoms with van der Waals surface area (Å²) < 4.78 is 78.6. The number of halogens is 6. The number of hydrogen-bond donors (Lipinski definition) is 0. The van der Waals surface area contributed by atoms with Crippen molar-refractivity contribution in [2.24, 2.45) is 10.8 Å². The van der Waals surface area contributed by atoms with Gasteiger partial charge in [0.2, 0.25) is 6.10 Å². The van der Waals surface area contributed by atoms with Crippen LogP contribution >= 0.6 is 0 Å². The smallest absolute Gasteiger partial charge is 0.360 e. The standard InChI is InChI=1S/C13H22F6O/c1-6-11(5,7-10(2,3)4)8-20-9(12(14,15)16)13(17,18)19/h9H,6-8H2,1-5H3. The van der Waals surface area contributed by atoms with Gasteiger partial charge in [-0.3, -0.25) is 0 Å². The van der Waals surface area contributed by atoms with Gasteiger partial charge < -0.3 is 4.74 Å². The van der Waals surface area contributed by atoms with Crippen LogP contribution in [0.2, 0.25) is 0 Å².